The van der Waals surface area contributed by atoms with E-state index in [0.29, 0.717) is 42.3 Å². The van der Waals surface area contributed by atoms with Crippen LogP contribution < -0.4 is 21.1 Å². The fourth-order valence-corrected chi connectivity index (χ4v) is 4.82. The second-order valence-corrected chi connectivity index (χ2v) is 9.10. The molecule has 174 valence electrons. The first kappa shape index (κ1) is 22.8. The molecule has 0 aliphatic carbocycles. The summed E-state index contributed by atoms with van der Waals surface area (Å²) in [6.45, 7) is 2.76. The van der Waals surface area contributed by atoms with E-state index in [9.17, 15) is 9.59 Å². The lowest BCUT2D eigenvalue weighted by atomic mass is 9.78. The van der Waals surface area contributed by atoms with Gasteiger partial charge in [-0.15, -0.1) is 0 Å². The van der Waals surface area contributed by atoms with Gasteiger partial charge < -0.3 is 30.9 Å². The molecule has 2 saturated heterocycles. The number of ether oxygens (including phenoxy) is 1. The molecular weight excluding hydrogens is 438 g/mol. The topological polar surface area (TPSA) is 99.9 Å². The van der Waals surface area contributed by atoms with E-state index in [0.717, 1.165) is 25.8 Å². The third-order valence-corrected chi connectivity index (χ3v) is 6.66. The van der Waals surface area contributed by atoms with Crippen LogP contribution in [0.1, 0.15) is 29.6 Å². The van der Waals surface area contributed by atoms with Crippen molar-refractivity contribution < 1.29 is 14.3 Å². The van der Waals surface area contributed by atoms with Crippen LogP contribution in [0.5, 0.6) is 5.75 Å². The highest BCUT2D eigenvalue weighted by Crippen LogP contribution is 2.41. The van der Waals surface area contributed by atoms with Crippen molar-refractivity contribution in [1.29, 1.82) is 0 Å². The number of nitrogens with zero attached hydrogens (tertiary/aromatic N) is 2. The highest BCUT2D eigenvalue weighted by atomic mass is 32.1. The van der Waals surface area contributed by atoms with Crippen molar-refractivity contribution in [3.05, 3.63) is 54.1 Å². The number of piperidine rings is 1. The first-order chi connectivity index (χ1) is 15.9. The van der Waals surface area contributed by atoms with Gasteiger partial charge in [0.1, 0.15) is 5.75 Å². The summed E-state index contributed by atoms with van der Waals surface area (Å²) in [5.41, 5.74) is 7.58. The number of thiocarbonyl (C=S) groups is 1. The second-order valence-electron chi connectivity index (χ2n) is 8.66. The minimum Gasteiger partial charge on any atom is -0.495 e. The number of methoxy groups -OCH3 is 1. The predicted octanol–water partition coefficient (Wildman–Crippen LogP) is 3.51. The van der Waals surface area contributed by atoms with Crippen molar-refractivity contribution in [3.8, 4) is 5.75 Å². The Labute approximate surface area is 199 Å². The van der Waals surface area contributed by atoms with Crippen molar-refractivity contribution in [3.63, 3.8) is 0 Å². The van der Waals surface area contributed by atoms with Gasteiger partial charge in [-0.1, -0.05) is 18.2 Å². The van der Waals surface area contributed by atoms with Crippen molar-refractivity contribution >= 4 is 40.6 Å². The van der Waals surface area contributed by atoms with Crippen LogP contribution in [-0.4, -0.2) is 60.1 Å². The van der Waals surface area contributed by atoms with E-state index < -0.39 is 0 Å². The summed E-state index contributed by atoms with van der Waals surface area (Å²) in [6.07, 6.45) is 2.70. The number of nitrogens with one attached hydrogen (secondary N) is 2. The maximum Gasteiger partial charge on any atom is 0.321 e. The van der Waals surface area contributed by atoms with Crippen LogP contribution in [0.15, 0.2) is 48.5 Å². The maximum atomic E-state index is 13.1. The first-order valence-corrected chi connectivity index (χ1v) is 11.4. The normalized spacial score (nSPS) is 17.0. The summed E-state index contributed by atoms with van der Waals surface area (Å²) in [7, 11) is 1.59. The summed E-state index contributed by atoms with van der Waals surface area (Å²) < 4.78 is 5.32. The molecule has 0 bridgehead atoms. The molecule has 4 N–H and O–H groups in total. The molecule has 9 heteroatoms. The lowest BCUT2D eigenvalue weighted by Crippen LogP contribution is -2.46. The third-order valence-electron chi connectivity index (χ3n) is 6.56. The summed E-state index contributed by atoms with van der Waals surface area (Å²) in [5.74, 6) is 0.645. The standard InChI is InChI=1S/C24H29N5O3S/c1-32-20-8-3-2-7-19(20)27-23(31)28-12-9-24(10-13-28)11-14-29(16-24)21(30)17-5-4-6-18(15-17)26-22(25)33/h2-8,15H,9-14,16H2,1H3,(H,27,31)(H3,25,26,33). The number of hydrogen-bond donors (Lipinski definition) is 3. The number of hydrogen-bond acceptors (Lipinski definition) is 4. The van der Waals surface area contributed by atoms with Crippen LogP contribution in [0, 0.1) is 5.41 Å². The zero-order valence-corrected chi connectivity index (χ0v) is 19.5. The SMILES string of the molecule is COc1ccccc1NC(=O)N1CCC2(CC1)CCN(C(=O)c1cccc(NC(N)=S)c1)C2. The third kappa shape index (κ3) is 5.19. The fourth-order valence-electron chi connectivity index (χ4n) is 4.70. The van der Waals surface area contributed by atoms with E-state index in [1.807, 2.05) is 52.3 Å². The molecule has 3 amide bonds. The van der Waals surface area contributed by atoms with Crippen LogP contribution in [0.4, 0.5) is 16.2 Å². The Kier molecular flexibility index (Phi) is 6.69. The second kappa shape index (κ2) is 9.66. The number of amides is 3. The lowest BCUT2D eigenvalue weighted by Gasteiger charge is -2.39. The molecule has 0 atom stereocenters. The average Bonchev–Trinajstić information content (AvgIpc) is 3.22. The smallest absolute Gasteiger partial charge is 0.321 e. The van der Waals surface area contributed by atoms with Gasteiger partial charge in [0.2, 0.25) is 0 Å². The number of para-hydroxylation sites is 2. The molecule has 33 heavy (non-hydrogen) atoms. The molecule has 0 aromatic heterocycles. The van der Waals surface area contributed by atoms with Gasteiger partial charge in [0.25, 0.3) is 5.91 Å². The Bertz CT molecular complexity index is 1050. The van der Waals surface area contributed by atoms with Crippen molar-refractivity contribution in [2.75, 3.05) is 43.9 Å². The van der Waals surface area contributed by atoms with Gasteiger partial charge in [-0.2, -0.15) is 0 Å². The number of nitrogens with two attached hydrogens (primary N) is 1. The van der Waals surface area contributed by atoms with Gasteiger partial charge in [0, 0.05) is 37.4 Å². The number of rotatable bonds is 4. The van der Waals surface area contributed by atoms with Crippen LogP contribution in [0.25, 0.3) is 0 Å². The van der Waals surface area contributed by atoms with Gasteiger partial charge in [-0.05, 0) is 67.2 Å². The molecular formula is C24H29N5O3S. The van der Waals surface area contributed by atoms with Gasteiger partial charge >= 0.3 is 6.03 Å². The van der Waals surface area contributed by atoms with Gasteiger partial charge in [0.15, 0.2) is 5.11 Å². The van der Waals surface area contributed by atoms with Crippen LogP contribution >= 0.6 is 12.2 Å². The molecule has 2 aromatic carbocycles. The van der Waals surface area contributed by atoms with Gasteiger partial charge in [-0.25, -0.2) is 4.79 Å². The number of carbonyl (C=O) groups excluding carboxylic acids is 2. The van der Waals surface area contributed by atoms with Crippen molar-refractivity contribution in [2.45, 2.75) is 19.3 Å². The van der Waals surface area contributed by atoms with Crippen LogP contribution in [0.3, 0.4) is 0 Å². The van der Waals surface area contributed by atoms with E-state index in [1.54, 1.807) is 13.2 Å². The number of benzene rings is 2. The summed E-state index contributed by atoms with van der Waals surface area (Å²) in [6, 6.07) is 14.5. The van der Waals surface area contributed by atoms with Crippen molar-refractivity contribution in [1.82, 2.24) is 9.80 Å². The molecule has 1 spiro atoms. The molecule has 0 unspecified atom stereocenters. The number of urea groups is 1. The molecule has 2 aliphatic heterocycles. The number of anilines is 2. The maximum absolute atomic E-state index is 13.1. The van der Waals surface area contributed by atoms with Gasteiger partial charge in [-0.3, -0.25) is 4.79 Å². The Balaban J connectivity index is 1.34. The molecule has 4 rings (SSSR count). The Hall–Kier alpha value is -3.33. The van der Waals surface area contributed by atoms with E-state index in [2.05, 4.69) is 10.6 Å². The molecule has 2 heterocycles. The van der Waals surface area contributed by atoms with Gasteiger partial charge in [0.05, 0.1) is 12.8 Å². The van der Waals surface area contributed by atoms with E-state index in [-0.39, 0.29) is 22.5 Å². The molecule has 2 fully saturated rings. The predicted molar refractivity (Wildman–Crippen MR) is 133 cm³/mol. The number of likely N-dealkylation sites (tertiary alicyclic amines) is 2. The molecule has 2 aromatic rings. The highest BCUT2D eigenvalue weighted by molar-refractivity contribution is 7.80. The Morgan fingerprint density at radius 2 is 1.70 bits per heavy atom. The van der Waals surface area contributed by atoms with E-state index >= 15 is 0 Å². The zero-order chi connectivity index (χ0) is 23.4. The summed E-state index contributed by atoms with van der Waals surface area (Å²) in [4.78, 5) is 29.6. The minimum atomic E-state index is -0.123. The lowest BCUT2D eigenvalue weighted by molar-refractivity contribution is 0.0739. The largest absolute Gasteiger partial charge is 0.495 e. The summed E-state index contributed by atoms with van der Waals surface area (Å²) in [5, 5.41) is 5.99. The molecule has 0 radical (unpaired) electrons. The molecule has 2 aliphatic rings. The first-order valence-electron chi connectivity index (χ1n) is 11.0. The molecule has 8 nitrogen and oxygen atoms in total. The molecule has 0 saturated carbocycles. The monoisotopic (exact) mass is 467 g/mol. The Morgan fingerprint density at radius 1 is 1.00 bits per heavy atom. The zero-order valence-electron chi connectivity index (χ0n) is 18.7. The average molecular weight is 468 g/mol. The van der Waals surface area contributed by atoms with Crippen LogP contribution in [0.2, 0.25) is 0 Å². The van der Waals surface area contributed by atoms with Crippen LogP contribution in [-0.2, 0) is 0 Å². The summed E-state index contributed by atoms with van der Waals surface area (Å²) >= 11 is 4.88. The minimum absolute atomic E-state index is 0.00908. The Morgan fingerprint density at radius 3 is 2.39 bits per heavy atom. The highest BCUT2D eigenvalue weighted by Gasteiger charge is 2.43. The quantitative estimate of drug-likeness (QED) is 0.595. The fraction of sp³-hybridized carbons (Fsp3) is 0.375. The van der Waals surface area contributed by atoms with E-state index in [1.165, 1.54) is 0 Å². The van der Waals surface area contributed by atoms with E-state index in [4.69, 9.17) is 22.7 Å². The number of carbonyl (C=O) groups is 2. The van der Waals surface area contributed by atoms with Crippen molar-refractivity contribution in [2.24, 2.45) is 11.1 Å².